The highest BCUT2D eigenvalue weighted by molar-refractivity contribution is 14.1. The standard InChI is InChI=1S/C6H3ClF2INO3S/c7-15(13,14)2-1-11-4(6(8)9)3(10)5(2)12/h1,6H,(H,11,12). The van der Waals surface area contributed by atoms with Crippen LogP contribution in [0.25, 0.3) is 0 Å². The van der Waals surface area contributed by atoms with Gasteiger partial charge in [0.2, 0.25) is 5.43 Å². The van der Waals surface area contributed by atoms with E-state index in [4.69, 9.17) is 10.7 Å². The van der Waals surface area contributed by atoms with Crippen LogP contribution in [-0.2, 0) is 9.05 Å². The van der Waals surface area contributed by atoms with Gasteiger partial charge >= 0.3 is 0 Å². The van der Waals surface area contributed by atoms with Crippen LogP contribution in [0.1, 0.15) is 12.1 Å². The molecule has 0 spiro atoms. The molecule has 0 unspecified atom stereocenters. The van der Waals surface area contributed by atoms with Gasteiger partial charge in [-0.3, -0.25) is 4.79 Å². The van der Waals surface area contributed by atoms with E-state index in [1.54, 1.807) is 0 Å². The second kappa shape index (κ2) is 4.34. The highest BCUT2D eigenvalue weighted by atomic mass is 127. The molecule has 0 aliphatic rings. The summed E-state index contributed by atoms with van der Waals surface area (Å²) in [5, 5.41) is 0. The number of pyridine rings is 1. The molecular weight excluding hydrogens is 366 g/mol. The monoisotopic (exact) mass is 369 g/mol. The zero-order valence-corrected chi connectivity index (χ0v) is 10.5. The van der Waals surface area contributed by atoms with E-state index in [0.29, 0.717) is 6.20 Å². The maximum absolute atomic E-state index is 12.3. The molecule has 0 aromatic carbocycles. The molecule has 0 aliphatic carbocycles. The number of halogens is 4. The number of hydrogen-bond acceptors (Lipinski definition) is 3. The van der Waals surface area contributed by atoms with E-state index in [9.17, 15) is 22.0 Å². The van der Waals surface area contributed by atoms with Gasteiger partial charge in [0.1, 0.15) is 4.90 Å². The van der Waals surface area contributed by atoms with Gasteiger partial charge in [0.25, 0.3) is 15.5 Å². The number of aromatic amines is 1. The predicted molar refractivity (Wildman–Crippen MR) is 57.8 cm³/mol. The largest absolute Gasteiger partial charge is 0.358 e. The van der Waals surface area contributed by atoms with Gasteiger partial charge in [-0.1, -0.05) is 0 Å². The van der Waals surface area contributed by atoms with Crippen molar-refractivity contribution in [3.05, 3.63) is 25.7 Å². The topological polar surface area (TPSA) is 67.0 Å². The normalized spacial score (nSPS) is 12.1. The Bertz CT molecular complexity index is 542. The van der Waals surface area contributed by atoms with E-state index in [1.807, 2.05) is 4.98 Å². The third kappa shape index (κ3) is 2.67. The Kier molecular flexibility index (Phi) is 3.71. The second-order valence-corrected chi connectivity index (χ2v) is 6.06. The first-order valence-corrected chi connectivity index (χ1v) is 6.78. The number of aromatic nitrogens is 1. The maximum atomic E-state index is 12.3. The molecular formula is C6H3ClF2INO3S. The molecule has 1 aromatic rings. The van der Waals surface area contributed by atoms with E-state index in [-0.39, 0.29) is 3.57 Å². The van der Waals surface area contributed by atoms with E-state index >= 15 is 0 Å². The van der Waals surface area contributed by atoms with Crippen LogP contribution in [0.2, 0.25) is 0 Å². The average Bonchev–Trinajstić information content (AvgIpc) is 2.06. The second-order valence-electron chi connectivity index (χ2n) is 2.45. The van der Waals surface area contributed by atoms with Crippen LogP contribution >= 0.6 is 33.3 Å². The van der Waals surface area contributed by atoms with Gasteiger partial charge in [-0.2, -0.15) is 0 Å². The first-order valence-electron chi connectivity index (χ1n) is 3.39. The summed E-state index contributed by atoms with van der Waals surface area (Å²) in [6.07, 6.45) is -2.22. The van der Waals surface area contributed by atoms with Crippen molar-refractivity contribution in [1.29, 1.82) is 0 Å². The van der Waals surface area contributed by atoms with E-state index in [1.165, 1.54) is 22.6 Å². The van der Waals surface area contributed by atoms with Crippen molar-refractivity contribution in [2.45, 2.75) is 11.3 Å². The molecule has 0 bridgehead atoms. The number of nitrogens with one attached hydrogen (secondary N) is 1. The van der Waals surface area contributed by atoms with Gasteiger partial charge in [0.15, 0.2) is 0 Å². The summed E-state index contributed by atoms with van der Waals surface area (Å²) >= 11 is 1.34. The molecule has 1 N–H and O–H groups in total. The number of rotatable bonds is 2. The first kappa shape index (κ1) is 12.8. The van der Waals surface area contributed by atoms with Crippen LogP contribution in [-0.4, -0.2) is 13.4 Å². The molecule has 15 heavy (non-hydrogen) atoms. The summed E-state index contributed by atoms with van der Waals surface area (Å²) in [6.45, 7) is 0. The molecule has 0 aliphatic heterocycles. The van der Waals surface area contributed by atoms with Crippen LogP contribution in [0, 0.1) is 3.57 Å². The van der Waals surface area contributed by atoms with E-state index < -0.39 is 31.5 Å². The van der Waals surface area contributed by atoms with Crippen molar-refractivity contribution < 1.29 is 17.2 Å². The van der Waals surface area contributed by atoms with Gasteiger partial charge in [-0.15, -0.1) is 0 Å². The van der Waals surface area contributed by atoms with Crippen LogP contribution in [0.4, 0.5) is 8.78 Å². The molecule has 9 heteroatoms. The molecule has 0 atom stereocenters. The minimum atomic E-state index is -4.22. The van der Waals surface area contributed by atoms with Gasteiger partial charge in [0, 0.05) is 16.9 Å². The lowest BCUT2D eigenvalue weighted by Crippen LogP contribution is -2.17. The molecule has 1 aromatic heterocycles. The molecule has 84 valence electrons. The van der Waals surface area contributed by atoms with Crippen LogP contribution in [0.3, 0.4) is 0 Å². The fourth-order valence-corrected chi connectivity index (χ4v) is 2.57. The first-order chi connectivity index (χ1) is 6.75. The van der Waals surface area contributed by atoms with Gasteiger partial charge < -0.3 is 4.98 Å². The molecule has 1 rings (SSSR count). The van der Waals surface area contributed by atoms with Crippen molar-refractivity contribution in [3.8, 4) is 0 Å². The lowest BCUT2D eigenvalue weighted by molar-refractivity contribution is 0.144. The van der Waals surface area contributed by atoms with E-state index in [0.717, 1.165) is 0 Å². The van der Waals surface area contributed by atoms with Crippen molar-refractivity contribution >= 4 is 42.3 Å². The molecule has 0 fully saturated rings. The number of hydrogen-bond donors (Lipinski definition) is 1. The highest BCUT2D eigenvalue weighted by Crippen LogP contribution is 2.21. The maximum Gasteiger partial charge on any atom is 0.279 e. The van der Waals surface area contributed by atoms with Crippen molar-refractivity contribution in [3.63, 3.8) is 0 Å². The highest BCUT2D eigenvalue weighted by Gasteiger charge is 2.22. The molecule has 1 heterocycles. The lowest BCUT2D eigenvalue weighted by Gasteiger charge is -2.03. The van der Waals surface area contributed by atoms with Gasteiger partial charge in [-0.05, 0) is 22.6 Å². The summed E-state index contributed by atoms with van der Waals surface area (Å²) in [6, 6.07) is 0. The van der Waals surface area contributed by atoms with Gasteiger partial charge in [-0.25, -0.2) is 17.2 Å². The smallest absolute Gasteiger partial charge is 0.279 e. The Morgan fingerprint density at radius 3 is 2.40 bits per heavy atom. The zero-order valence-electron chi connectivity index (χ0n) is 6.80. The van der Waals surface area contributed by atoms with Gasteiger partial charge in [0.05, 0.1) is 9.26 Å². The Hall–Kier alpha value is -0.220. The third-order valence-corrected chi connectivity index (χ3v) is 3.90. The Morgan fingerprint density at radius 2 is 2.00 bits per heavy atom. The lowest BCUT2D eigenvalue weighted by atomic mass is 10.3. The summed E-state index contributed by atoms with van der Waals surface area (Å²) in [5.74, 6) is 0. The molecule has 0 saturated carbocycles. The minimum absolute atomic E-state index is 0.385. The fraction of sp³-hybridized carbons (Fsp3) is 0.167. The quantitative estimate of drug-likeness (QED) is 0.639. The van der Waals surface area contributed by atoms with Crippen LogP contribution in [0.15, 0.2) is 15.9 Å². The predicted octanol–water partition coefficient (Wildman–Crippen LogP) is 1.84. The summed E-state index contributed by atoms with van der Waals surface area (Å²) < 4.78 is 45.9. The van der Waals surface area contributed by atoms with Crippen LogP contribution < -0.4 is 5.43 Å². The summed E-state index contributed by atoms with van der Waals surface area (Å²) in [7, 11) is 0.709. The molecule has 0 amide bonds. The fourth-order valence-electron chi connectivity index (χ4n) is 0.843. The van der Waals surface area contributed by atoms with Crippen molar-refractivity contribution in [2.24, 2.45) is 0 Å². The molecule has 4 nitrogen and oxygen atoms in total. The number of alkyl halides is 2. The Labute approximate surface area is 101 Å². The zero-order chi connectivity index (χ0) is 11.8. The number of H-pyrrole nitrogens is 1. The summed E-state index contributed by atoms with van der Waals surface area (Å²) in [5.41, 5.74) is -1.65. The Morgan fingerprint density at radius 1 is 1.47 bits per heavy atom. The minimum Gasteiger partial charge on any atom is -0.358 e. The molecule has 0 saturated heterocycles. The SMILES string of the molecule is O=c1c(S(=O)(=O)Cl)c[nH]c(C(F)F)c1I. The third-order valence-electron chi connectivity index (χ3n) is 1.50. The Balaban J connectivity index is 3.56. The van der Waals surface area contributed by atoms with E-state index in [2.05, 4.69) is 0 Å². The van der Waals surface area contributed by atoms with Crippen LogP contribution in [0.5, 0.6) is 0 Å². The van der Waals surface area contributed by atoms with Crippen molar-refractivity contribution in [1.82, 2.24) is 4.98 Å². The summed E-state index contributed by atoms with van der Waals surface area (Å²) in [4.78, 5) is 12.6. The van der Waals surface area contributed by atoms with Crippen molar-refractivity contribution in [2.75, 3.05) is 0 Å². The molecule has 0 radical (unpaired) electrons. The average molecular weight is 370 g/mol.